The topological polar surface area (TPSA) is 17.1 Å². The average molecular weight is 238 g/mol. The number of ketones is 1. The predicted molar refractivity (Wildman–Crippen MR) is 75.7 cm³/mol. The summed E-state index contributed by atoms with van der Waals surface area (Å²) in [5, 5.41) is 0. The van der Waals surface area contributed by atoms with Gasteiger partial charge < -0.3 is 0 Å². The monoisotopic (exact) mass is 238 g/mol. The molecule has 2 aromatic carbocycles. The van der Waals surface area contributed by atoms with Crippen LogP contribution >= 0.6 is 0 Å². The molecule has 2 aromatic rings. The molecule has 18 heavy (non-hydrogen) atoms. The third-order valence-corrected chi connectivity index (χ3v) is 3.34. The van der Waals surface area contributed by atoms with E-state index in [1.54, 1.807) is 0 Å². The Morgan fingerprint density at radius 3 is 2.06 bits per heavy atom. The van der Waals surface area contributed by atoms with E-state index >= 15 is 0 Å². The van der Waals surface area contributed by atoms with Crippen molar-refractivity contribution in [3.8, 4) is 11.1 Å². The Balaban J connectivity index is 2.23. The maximum atomic E-state index is 12.0. The number of carbonyl (C=O) groups excluding carboxylic acids is 1. The molecule has 0 unspecified atom stereocenters. The summed E-state index contributed by atoms with van der Waals surface area (Å²) in [6, 6.07) is 18.1. The van der Waals surface area contributed by atoms with Crippen molar-refractivity contribution in [1.29, 1.82) is 0 Å². The first-order valence-electron chi connectivity index (χ1n) is 6.42. The smallest absolute Gasteiger partial charge is 0.165 e. The van der Waals surface area contributed by atoms with Crippen LogP contribution in [0.2, 0.25) is 0 Å². The molecule has 0 N–H and O–H groups in total. The van der Waals surface area contributed by atoms with E-state index in [0.717, 1.165) is 17.5 Å². The predicted octanol–water partition coefficient (Wildman–Crippen LogP) is 4.58. The van der Waals surface area contributed by atoms with Crippen molar-refractivity contribution in [2.45, 2.75) is 20.3 Å². The number of hydrogen-bond donors (Lipinski definition) is 0. The zero-order valence-corrected chi connectivity index (χ0v) is 10.9. The summed E-state index contributed by atoms with van der Waals surface area (Å²) < 4.78 is 0. The molecule has 1 heteroatoms. The fraction of sp³-hybridized carbons (Fsp3) is 0.235. The van der Waals surface area contributed by atoms with E-state index < -0.39 is 0 Å². The van der Waals surface area contributed by atoms with Gasteiger partial charge in [-0.15, -0.1) is 0 Å². The van der Waals surface area contributed by atoms with Crippen molar-refractivity contribution in [1.82, 2.24) is 0 Å². The van der Waals surface area contributed by atoms with Gasteiger partial charge in [0.25, 0.3) is 0 Å². The molecule has 1 nitrogen and oxygen atoms in total. The molecular weight excluding hydrogens is 220 g/mol. The molecule has 1 atom stereocenters. The van der Waals surface area contributed by atoms with Gasteiger partial charge in [-0.2, -0.15) is 0 Å². The minimum atomic E-state index is 0.104. The Hall–Kier alpha value is -1.89. The molecule has 0 aliphatic carbocycles. The fourth-order valence-corrected chi connectivity index (χ4v) is 1.93. The number of Topliss-reactive ketones (excluding diaryl/α,β-unsaturated/α-hetero) is 1. The molecule has 2 rings (SSSR count). The lowest BCUT2D eigenvalue weighted by atomic mass is 9.95. The molecule has 0 radical (unpaired) electrons. The lowest BCUT2D eigenvalue weighted by Crippen LogP contribution is -2.09. The van der Waals surface area contributed by atoms with Gasteiger partial charge in [-0.3, -0.25) is 4.79 Å². The van der Waals surface area contributed by atoms with E-state index in [2.05, 4.69) is 12.1 Å². The second-order valence-electron chi connectivity index (χ2n) is 4.62. The van der Waals surface area contributed by atoms with Gasteiger partial charge in [0.05, 0.1) is 0 Å². The molecule has 0 aromatic heterocycles. The summed E-state index contributed by atoms with van der Waals surface area (Å²) in [7, 11) is 0. The van der Waals surface area contributed by atoms with E-state index in [9.17, 15) is 4.79 Å². The molecule has 0 saturated carbocycles. The van der Waals surface area contributed by atoms with Crippen LogP contribution in [0.25, 0.3) is 11.1 Å². The third kappa shape index (κ3) is 2.67. The largest absolute Gasteiger partial charge is 0.294 e. The third-order valence-electron chi connectivity index (χ3n) is 3.34. The van der Waals surface area contributed by atoms with Crippen LogP contribution in [0, 0.1) is 5.92 Å². The summed E-state index contributed by atoms with van der Waals surface area (Å²) >= 11 is 0. The van der Waals surface area contributed by atoms with E-state index in [1.807, 2.05) is 56.3 Å². The highest BCUT2D eigenvalue weighted by molar-refractivity contribution is 5.98. The first kappa shape index (κ1) is 12.6. The molecule has 0 aliphatic rings. The normalized spacial score (nSPS) is 12.1. The summed E-state index contributed by atoms with van der Waals surface area (Å²) in [4.78, 5) is 12.0. The van der Waals surface area contributed by atoms with Crippen LogP contribution in [-0.2, 0) is 0 Å². The number of hydrogen-bond acceptors (Lipinski definition) is 1. The van der Waals surface area contributed by atoms with E-state index in [1.165, 1.54) is 5.56 Å². The molecule has 92 valence electrons. The van der Waals surface area contributed by atoms with Gasteiger partial charge in [-0.1, -0.05) is 68.4 Å². The Labute approximate surface area is 108 Å². The van der Waals surface area contributed by atoms with Crippen LogP contribution in [0.1, 0.15) is 30.6 Å². The molecule has 0 aliphatic heterocycles. The van der Waals surface area contributed by atoms with Crippen molar-refractivity contribution in [2.24, 2.45) is 5.92 Å². The number of rotatable bonds is 4. The van der Waals surface area contributed by atoms with Crippen molar-refractivity contribution in [2.75, 3.05) is 0 Å². The van der Waals surface area contributed by atoms with Gasteiger partial charge in [-0.05, 0) is 17.5 Å². The van der Waals surface area contributed by atoms with Crippen molar-refractivity contribution < 1.29 is 4.79 Å². The summed E-state index contributed by atoms with van der Waals surface area (Å²) in [6.45, 7) is 4.02. The zero-order valence-electron chi connectivity index (χ0n) is 10.9. The fourth-order valence-electron chi connectivity index (χ4n) is 1.93. The molecule has 0 bridgehead atoms. The first-order valence-corrected chi connectivity index (χ1v) is 6.42. The molecule has 0 saturated heterocycles. The van der Waals surface area contributed by atoms with Crippen LogP contribution in [0.4, 0.5) is 0 Å². The number of benzene rings is 2. The SMILES string of the molecule is CC[C@@H](C)C(=O)c1ccc(-c2ccccc2)cc1. The Bertz CT molecular complexity index is 511. The quantitative estimate of drug-likeness (QED) is 0.712. The van der Waals surface area contributed by atoms with Crippen molar-refractivity contribution in [3.05, 3.63) is 60.2 Å². The molecule has 0 fully saturated rings. The molecule has 0 spiro atoms. The zero-order chi connectivity index (χ0) is 13.0. The Morgan fingerprint density at radius 2 is 1.50 bits per heavy atom. The van der Waals surface area contributed by atoms with Gasteiger partial charge >= 0.3 is 0 Å². The summed E-state index contributed by atoms with van der Waals surface area (Å²) in [5.74, 6) is 0.338. The first-order chi connectivity index (χ1) is 8.72. The highest BCUT2D eigenvalue weighted by Crippen LogP contribution is 2.20. The Kier molecular flexibility index (Phi) is 3.93. The summed E-state index contributed by atoms with van der Waals surface area (Å²) in [5.41, 5.74) is 3.14. The van der Waals surface area contributed by atoms with Gasteiger partial charge in [0.1, 0.15) is 0 Å². The van der Waals surface area contributed by atoms with Crippen molar-refractivity contribution >= 4 is 5.78 Å². The minimum Gasteiger partial charge on any atom is -0.294 e. The van der Waals surface area contributed by atoms with Gasteiger partial charge in [-0.25, -0.2) is 0 Å². The second kappa shape index (κ2) is 5.63. The lowest BCUT2D eigenvalue weighted by molar-refractivity contribution is 0.0927. The van der Waals surface area contributed by atoms with E-state index in [4.69, 9.17) is 0 Å². The highest BCUT2D eigenvalue weighted by Gasteiger charge is 2.12. The van der Waals surface area contributed by atoms with Gasteiger partial charge in [0.2, 0.25) is 0 Å². The minimum absolute atomic E-state index is 0.104. The van der Waals surface area contributed by atoms with Crippen LogP contribution in [0.3, 0.4) is 0 Å². The van der Waals surface area contributed by atoms with Gasteiger partial charge in [0.15, 0.2) is 5.78 Å². The summed E-state index contributed by atoms with van der Waals surface area (Å²) in [6.07, 6.45) is 0.888. The Morgan fingerprint density at radius 1 is 0.944 bits per heavy atom. The van der Waals surface area contributed by atoms with Crippen LogP contribution in [0.15, 0.2) is 54.6 Å². The molecule has 0 amide bonds. The maximum Gasteiger partial charge on any atom is 0.165 e. The maximum absolute atomic E-state index is 12.0. The molecular formula is C17H18O. The molecule has 0 heterocycles. The van der Waals surface area contributed by atoms with E-state index in [-0.39, 0.29) is 11.7 Å². The average Bonchev–Trinajstić information content (AvgIpc) is 2.47. The van der Waals surface area contributed by atoms with Crippen LogP contribution in [-0.4, -0.2) is 5.78 Å². The standard InChI is InChI=1S/C17H18O/c1-3-13(2)17(18)16-11-9-15(10-12-16)14-7-5-4-6-8-14/h4-13H,3H2,1-2H3/t13-/m1/s1. The van der Waals surface area contributed by atoms with Crippen LogP contribution in [0.5, 0.6) is 0 Å². The van der Waals surface area contributed by atoms with Crippen molar-refractivity contribution in [3.63, 3.8) is 0 Å². The van der Waals surface area contributed by atoms with Crippen LogP contribution < -0.4 is 0 Å². The lowest BCUT2D eigenvalue weighted by Gasteiger charge is -2.08. The number of carbonyl (C=O) groups is 1. The van der Waals surface area contributed by atoms with Gasteiger partial charge in [0, 0.05) is 11.5 Å². The highest BCUT2D eigenvalue weighted by atomic mass is 16.1. The second-order valence-corrected chi connectivity index (χ2v) is 4.62. The van der Waals surface area contributed by atoms with E-state index in [0.29, 0.717) is 0 Å².